The summed E-state index contributed by atoms with van der Waals surface area (Å²) in [5.74, 6) is 1.10. The molecular formula is C18H22N6O. The summed E-state index contributed by atoms with van der Waals surface area (Å²) in [6, 6.07) is 4.30. The number of aliphatic hydroxyl groups excluding tert-OH is 1. The summed E-state index contributed by atoms with van der Waals surface area (Å²) >= 11 is 0. The molecular weight excluding hydrogens is 316 g/mol. The van der Waals surface area contributed by atoms with Crippen molar-refractivity contribution in [2.75, 3.05) is 18.0 Å². The Kier molecular flexibility index (Phi) is 3.31. The summed E-state index contributed by atoms with van der Waals surface area (Å²) in [7, 11) is 2.03. The quantitative estimate of drug-likeness (QED) is 0.769. The van der Waals surface area contributed by atoms with E-state index in [0.29, 0.717) is 11.8 Å². The SMILES string of the molecule is Cn1ccc2c(N3C[C@H]4C[C@@H](n5cncn5)[C@H](O)C[C@H]4C3)ccnc21. The number of hydrogen-bond donors (Lipinski definition) is 1. The van der Waals surface area contributed by atoms with Crippen molar-refractivity contribution in [1.29, 1.82) is 0 Å². The van der Waals surface area contributed by atoms with E-state index in [9.17, 15) is 5.11 Å². The molecule has 1 N–H and O–H groups in total. The summed E-state index contributed by atoms with van der Waals surface area (Å²) < 4.78 is 3.89. The molecule has 0 spiro atoms. The zero-order chi connectivity index (χ0) is 17.0. The zero-order valence-electron chi connectivity index (χ0n) is 14.2. The molecule has 3 aromatic heterocycles. The summed E-state index contributed by atoms with van der Waals surface area (Å²) in [5, 5.41) is 16.1. The Balaban J connectivity index is 1.42. The number of pyridine rings is 1. The van der Waals surface area contributed by atoms with Gasteiger partial charge in [0.05, 0.1) is 12.1 Å². The van der Waals surface area contributed by atoms with Gasteiger partial charge in [0, 0.05) is 43.6 Å². The van der Waals surface area contributed by atoms with Gasteiger partial charge in [-0.3, -0.25) is 0 Å². The number of rotatable bonds is 2. The second kappa shape index (κ2) is 5.56. The Labute approximate surface area is 145 Å². The lowest BCUT2D eigenvalue weighted by Gasteiger charge is -2.34. The topological polar surface area (TPSA) is 72.0 Å². The van der Waals surface area contributed by atoms with Crippen molar-refractivity contribution in [1.82, 2.24) is 24.3 Å². The standard InChI is InChI=1S/C18H22N6O/c1-22-5-3-14-15(2-4-20-18(14)22)23-8-12-6-16(24-11-19-10-21-24)17(25)7-13(12)9-23/h2-5,10-13,16-17,25H,6-9H2,1H3/t12-,13+,16-,17-/m1/s1. The average molecular weight is 338 g/mol. The van der Waals surface area contributed by atoms with Gasteiger partial charge in [-0.15, -0.1) is 0 Å². The number of hydrogen-bond acceptors (Lipinski definition) is 5. The van der Waals surface area contributed by atoms with Gasteiger partial charge in [0.15, 0.2) is 0 Å². The van der Waals surface area contributed by atoms with Crippen molar-refractivity contribution in [3.05, 3.63) is 37.2 Å². The van der Waals surface area contributed by atoms with Crippen LogP contribution in [0.1, 0.15) is 18.9 Å². The lowest BCUT2D eigenvalue weighted by atomic mass is 9.77. The largest absolute Gasteiger partial charge is 0.391 e. The predicted molar refractivity (Wildman–Crippen MR) is 94.2 cm³/mol. The van der Waals surface area contributed by atoms with Gasteiger partial charge in [0.25, 0.3) is 0 Å². The second-order valence-electron chi connectivity index (χ2n) is 7.40. The number of aryl methyl sites for hydroxylation is 1. The fourth-order valence-corrected chi connectivity index (χ4v) is 4.70. The molecule has 130 valence electrons. The number of aliphatic hydroxyl groups is 1. The first kappa shape index (κ1) is 14.9. The fraction of sp³-hybridized carbons (Fsp3) is 0.500. The smallest absolute Gasteiger partial charge is 0.141 e. The van der Waals surface area contributed by atoms with Gasteiger partial charge < -0.3 is 14.6 Å². The number of aromatic nitrogens is 5. The molecule has 1 saturated heterocycles. The maximum absolute atomic E-state index is 10.6. The van der Waals surface area contributed by atoms with Gasteiger partial charge in [-0.1, -0.05) is 0 Å². The molecule has 7 nitrogen and oxygen atoms in total. The molecule has 1 aliphatic heterocycles. The van der Waals surface area contributed by atoms with Crippen LogP contribution in [0.2, 0.25) is 0 Å². The minimum Gasteiger partial charge on any atom is -0.391 e. The van der Waals surface area contributed by atoms with Crippen LogP contribution in [0.3, 0.4) is 0 Å². The van der Waals surface area contributed by atoms with E-state index in [1.54, 1.807) is 12.7 Å². The van der Waals surface area contributed by atoms with Gasteiger partial charge in [0.1, 0.15) is 18.3 Å². The highest BCUT2D eigenvalue weighted by molar-refractivity contribution is 5.90. The zero-order valence-corrected chi connectivity index (χ0v) is 14.2. The van der Waals surface area contributed by atoms with Crippen LogP contribution in [0.15, 0.2) is 37.2 Å². The van der Waals surface area contributed by atoms with E-state index in [4.69, 9.17) is 0 Å². The Morgan fingerprint density at radius 2 is 2.00 bits per heavy atom. The van der Waals surface area contributed by atoms with Crippen molar-refractivity contribution < 1.29 is 5.11 Å². The van der Waals surface area contributed by atoms with Crippen molar-refractivity contribution in [3.63, 3.8) is 0 Å². The summed E-state index contributed by atoms with van der Waals surface area (Å²) in [5.41, 5.74) is 2.28. The second-order valence-corrected chi connectivity index (χ2v) is 7.40. The molecule has 0 radical (unpaired) electrons. The van der Waals surface area contributed by atoms with E-state index in [0.717, 1.165) is 31.6 Å². The van der Waals surface area contributed by atoms with Crippen LogP contribution in [0.5, 0.6) is 0 Å². The fourth-order valence-electron chi connectivity index (χ4n) is 4.70. The monoisotopic (exact) mass is 338 g/mol. The highest BCUT2D eigenvalue weighted by atomic mass is 16.3. The van der Waals surface area contributed by atoms with Gasteiger partial charge in [0.2, 0.25) is 0 Å². The third-order valence-corrected chi connectivity index (χ3v) is 5.97. The summed E-state index contributed by atoms with van der Waals surface area (Å²) in [4.78, 5) is 11.0. The number of anilines is 1. The molecule has 0 bridgehead atoms. The van der Waals surface area contributed by atoms with Gasteiger partial charge >= 0.3 is 0 Å². The summed E-state index contributed by atoms with van der Waals surface area (Å²) in [6.07, 6.45) is 8.66. The minimum absolute atomic E-state index is 0.0397. The van der Waals surface area contributed by atoms with Crippen molar-refractivity contribution >= 4 is 16.7 Å². The highest BCUT2D eigenvalue weighted by Crippen LogP contribution is 2.43. The molecule has 25 heavy (non-hydrogen) atoms. The van der Waals surface area contributed by atoms with E-state index in [1.807, 2.05) is 17.9 Å². The molecule has 0 aromatic carbocycles. The molecule has 3 aromatic rings. The van der Waals surface area contributed by atoms with Crippen LogP contribution in [0, 0.1) is 11.8 Å². The van der Waals surface area contributed by atoms with Gasteiger partial charge in [-0.2, -0.15) is 5.10 Å². The molecule has 0 amide bonds. The molecule has 7 heteroatoms. The lowest BCUT2D eigenvalue weighted by Crippen LogP contribution is -2.36. The normalized spacial score (nSPS) is 29.3. The molecule has 2 fully saturated rings. The van der Waals surface area contributed by atoms with Crippen molar-refractivity contribution in [2.24, 2.45) is 18.9 Å². The number of fused-ring (bicyclic) bond motifs is 2. The van der Waals surface area contributed by atoms with Crippen LogP contribution in [-0.4, -0.2) is 48.6 Å². The Hall–Kier alpha value is -2.41. The van der Waals surface area contributed by atoms with Crippen molar-refractivity contribution in [2.45, 2.75) is 25.0 Å². The van der Waals surface area contributed by atoms with Crippen LogP contribution >= 0.6 is 0 Å². The first-order chi connectivity index (χ1) is 12.2. The molecule has 1 aliphatic carbocycles. The van der Waals surface area contributed by atoms with E-state index in [-0.39, 0.29) is 12.1 Å². The van der Waals surface area contributed by atoms with Gasteiger partial charge in [-0.05, 0) is 36.8 Å². The maximum Gasteiger partial charge on any atom is 0.141 e. The van der Waals surface area contributed by atoms with E-state index >= 15 is 0 Å². The van der Waals surface area contributed by atoms with Crippen LogP contribution in [0.4, 0.5) is 5.69 Å². The molecule has 4 heterocycles. The van der Waals surface area contributed by atoms with E-state index in [2.05, 4.69) is 42.9 Å². The molecule has 5 rings (SSSR count). The van der Waals surface area contributed by atoms with Crippen LogP contribution in [0.25, 0.3) is 11.0 Å². The highest BCUT2D eigenvalue weighted by Gasteiger charge is 2.43. The Bertz CT molecular complexity index is 888. The van der Waals surface area contributed by atoms with Crippen LogP contribution < -0.4 is 4.90 Å². The van der Waals surface area contributed by atoms with E-state index < -0.39 is 0 Å². The number of nitrogens with zero attached hydrogens (tertiary/aromatic N) is 6. The van der Waals surface area contributed by atoms with Gasteiger partial charge in [-0.25, -0.2) is 14.6 Å². The predicted octanol–water partition coefficient (Wildman–Crippen LogP) is 1.61. The van der Waals surface area contributed by atoms with Crippen LogP contribution in [-0.2, 0) is 7.05 Å². The average Bonchev–Trinajstić information content (AvgIpc) is 3.33. The van der Waals surface area contributed by atoms with Crippen molar-refractivity contribution in [3.8, 4) is 0 Å². The summed E-state index contributed by atoms with van der Waals surface area (Å²) in [6.45, 7) is 2.02. The first-order valence-corrected chi connectivity index (χ1v) is 8.88. The first-order valence-electron chi connectivity index (χ1n) is 8.88. The Morgan fingerprint density at radius 3 is 2.80 bits per heavy atom. The third-order valence-electron chi connectivity index (χ3n) is 5.97. The molecule has 1 saturated carbocycles. The maximum atomic E-state index is 10.6. The molecule has 0 unspecified atom stereocenters. The minimum atomic E-state index is -0.350. The molecule has 4 atom stereocenters. The Morgan fingerprint density at radius 1 is 1.16 bits per heavy atom. The third kappa shape index (κ3) is 2.33. The lowest BCUT2D eigenvalue weighted by molar-refractivity contribution is 0.0305. The van der Waals surface area contributed by atoms with E-state index in [1.165, 1.54) is 11.1 Å². The molecule has 2 aliphatic rings.